The van der Waals surface area contributed by atoms with E-state index >= 15 is 0 Å². The van der Waals surface area contributed by atoms with Gasteiger partial charge in [0.2, 0.25) is 0 Å². The van der Waals surface area contributed by atoms with Crippen molar-refractivity contribution in [3.8, 4) is 11.5 Å². The zero-order valence-corrected chi connectivity index (χ0v) is 13.5. The largest absolute Gasteiger partial charge is 0.548 e. The van der Waals surface area contributed by atoms with Gasteiger partial charge in [-0.3, -0.25) is 9.69 Å². The predicted octanol–water partition coefficient (Wildman–Crippen LogP) is 0.125. The van der Waals surface area contributed by atoms with E-state index in [4.69, 9.17) is 9.47 Å². The summed E-state index contributed by atoms with van der Waals surface area (Å²) < 4.78 is 10.8. The number of amides is 3. The van der Waals surface area contributed by atoms with Gasteiger partial charge in [0.25, 0.3) is 5.91 Å². The number of hydrogen-bond acceptors (Lipinski definition) is 6. The Morgan fingerprint density at radius 2 is 2.04 bits per heavy atom. The molecule has 0 spiro atoms. The van der Waals surface area contributed by atoms with Crippen LogP contribution in [0.15, 0.2) is 23.9 Å². The second-order valence-corrected chi connectivity index (χ2v) is 5.33. The van der Waals surface area contributed by atoms with Crippen LogP contribution in [0.25, 0.3) is 6.08 Å². The first-order valence-corrected chi connectivity index (χ1v) is 7.21. The molecule has 2 rings (SSSR count). The number of benzene rings is 1. The second-order valence-electron chi connectivity index (χ2n) is 5.33. The number of imide groups is 1. The molecule has 24 heavy (non-hydrogen) atoms. The number of carboxylic acids is 1. The van der Waals surface area contributed by atoms with E-state index < -0.39 is 24.5 Å². The Morgan fingerprint density at radius 3 is 2.62 bits per heavy atom. The molecule has 0 bridgehead atoms. The number of urea groups is 1. The van der Waals surface area contributed by atoms with Crippen LogP contribution in [-0.2, 0) is 9.59 Å². The van der Waals surface area contributed by atoms with Crippen molar-refractivity contribution >= 4 is 24.0 Å². The standard InChI is InChI=1S/C16H18N2O6/c1-9(2)24-12-5-4-10(7-13(12)23-3)6-11-15(21)18(8-14(19)20)16(22)17-11/h4-7,9H,8H2,1-3H3,(H,17,22)(H,19,20)/p-1/b11-6+. The molecule has 8 nitrogen and oxygen atoms in total. The number of aliphatic carboxylic acids is 1. The van der Waals surface area contributed by atoms with Crippen LogP contribution in [0.3, 0.4) is 0 Å². The molecule has 3 amide bonds. The van der Waals surface area contributed by atoms with Crippen LogP contribution < -0.4 is 19.9 Å². The van der Waals surface area contributed by atoms with Gasteiger partial charge >= 0.3 is 6.03 Å². The van der Waals surface area contributed by atoms with Crippen LogP contribution in [0.1, 0.15) is 19.4 Å². The highest BCUT2D eigenvalue weighted by Crippen LogP contribution is 2.30. The topological polar surface area (TPSA) is 108 Å². The van der Waals surface area contributed by atoms with Crippen LogP contribution in [0.4, 0.5) is 4.79 Å². The highest BCUT2D eigenvalue weighted by atomic mass is 16.5. The van der Waals surface area contributed by atoms with Crippen molar-refractivity contribution in [1.29, 1.82) is 0 Å². The van der Waals surface area contributed by atoms with Gasteiger partial charge in [-0.25, -0.2) is 4.79 Å². The molecular weight excluding hydrogens is 316 g/mol. The number of nitrogens with one attached hydrogen (secondary N) is 1. The number of carbonyl (C=O) groups is 3. The lowest BCUT2D eigenvalue weighted by Gasteiger charge is -2.14. The van der Waals surface area contributed by atoms with Gasteiger partial charge in [-0.15, -0.1) is 0 Å². The number of ether oxygens (including phenoxy) is 2. The molecule has 128 valence electrons. The third-order valence-corrected chi connectivity index (χ3v) is 3.11. The Labute approximate surface area is 138 Å². The number of carboxylic acid groups (broad SMARTS) is 1. The molecule has 1 aromatic carbocycles. The summed E-state index contributed by atoms with van der Waals surface area (Å²) in [6.07, 6.45) is 1.40. The van der Waals surface area contributed by atoms with Gasteiger partial charge in [0.15, 0.2) is 11.5 Å². The van der Waals surface area contributed by atoms with Crippen LogP contribution in [0.5, 0.6) is 11.5 Å². The molecule has 0 unspecified atom stereocenters. The van der Waals surface area contributed by atoms with Gasteiger partial charge < -0.3 is 24.7 Å². The SMILES string of the molecule is COc1cc(/C=C2/NC(=O)N(CC(=O)[O-])C2=O)ccc1OC(C)C. The van der Waals surface area contributed by atoms with Gasteiger partial charge in [0.05, 0.1) is 25.7 Å². The maximum atomic E-state index is 12.0. The molecule has 1 aromatic rings. The third kappa shape index (κ3) is 3.83. The summed E-state index contributed by atoms with van der Waals surface area (Å²) in [4.78, 5) is 34.8. The fourth-order valence-electron chi connectivity index (χ4n) is 2.14. The van der Waals surface area contributed by atoms with Crippen molar-refractivity contribution in [3.63, 3.8) is 0 Å². The first-order chi connectivity index (χ1) is 11.3. The average Bonchev–Trinajstić information content (AvgIpc) is 2.75. The Bertz CT molecular complexity index is 711. The molecule has 1 aliphatic rings. The fourth-order valence-corrected chi connectivity index (χ4v) is 2.14. The molecule has 0 saturated carbocycles. The summed E-state index contributed by atoms with van der Waals surface area (Å²) in [5.41, 5.74) is 0.558. The lowest BCUT2D eigenvalue weighted by atomic mass is 10.1. The minimum absolute atomic E-state index is 0.0270. The minimum Gasteiger partial charge on any atom is -0.548 e. The highest BCUT2D eigenvalue weighted by Gasteiger charge is 2.33. The molecule has 0 atom stereocenters. The first-order valence-electron chi connectivity index (χ1n) is 7.21. The zero-order chi connectivity index (χ0) is 17.9. The molecular formula is C16H17N2O6-. The maximum absolute atomic E-state index is 12.0. The number of methoxy groups -OCH3 is 1. The van der Waals surface area contributed by atoms with E-state index in [0.717, 1.165) is 0 Å². The Hall–Kier alpha value is -3.03. The van der Waals surface area contributed by atoms with Gasteiger partial charge in [0, 0.05) is 0 Å². The summed E-state index contributed by atoms with van der Waals surface area (Å²) >= 11 is 0. The Balaban J connectivity index is 2.26. The molecule has 1 saturated heterocycles. The van der Waals surface area contributed by atoms with Crippen molar-refractivity contribution < 1.29 is 29.0 Å². The normalized spacial score (nSPS) is 15.8. The van der Waals surface area contributed by atoms with Crippen molar-refractivity contribution in [2.24, 2.45) is 0 Å². The van der Waals surface area contributed by atoms with Crippen molar-refractivity contribution in [3.05, 3.63) is 29.5 Å². The third-order valence-electron chi connectivity index (χ3n) is 3.11. The molecule has 1 aliphatic heterocycles. The van der Waals surface area contributed by atoms with Crippen LogP contribution in [-0.4, -0.2) is 42.6 Å². The molecule has 0 aliphatic carbocycles. The fraction of sp³-hybridized carbons (Fsp3) is 0.312. The predicted molar refractivity (Wildman–Crippen MR) is 82.0 cm³/mol. The smallest absolute Gasteiger partial charge is 0.329 e. The van der Waals surface area contributed by atoms with E-state index in [9.17, 15) is 19.5 Å². The highest BCUT2D eigenvalue weighted by molar-refractivity contribution is 6.15. The minimum atomic E-state index is -1.52. The molecule has 8 heteroatoms. The zero-order valence-electron chi connectivity index (χ0n) is 13.5. The van der Waals surface area contributed by atoms with E-state index in [-0.39, 0.29) is 11.8 Å². The van der Waals surface area contributed by atoms with Crippen LogP contribution >= 0.6 is 0 Å². The van der Waals surface area contributed by atoms with Gasteiger partial charge in [-0.05, 0) is 37.6 Å². The molecule has 1 fully saturated rings. The summed E-state index contributed by atoms with van der Waals surface area (Å²) in [6.45, 7) is 2.97. The number of hydrogen-bond donors (Lipinski definition) is 1. The summed E-state index contributed by atoms with van der Waals surface area (Å²) in [5, 5.41) is 12.9. The molecule has 0 radical (unpaired) electrons. The Kier molecular flexibility index (Phi) is 5.08. The van der Waals surface area contributed by atoms with Gasteiger partial charge in [-0.2, -0.15) is 0 Å². The average molecular weight is 333 g/mol. The lowest BCUT2D eigenvalue weighted by molar-refractivity contribution is -0.305. The van der Waals surface area contributed by atoms with E-state index in [1.807, 2.05) is 13.8 Å². The monoisotopic (exact) mass is 333 g/mol. The first kappa shape index (κ1) is 17.3. The summed E-state index contributed by atoms with van der Waals surface area (Å²) in [7, 11) is 1.49. The molecule has 0 aromatic heterocycles. The van der Waals surface area contributed by atoms with Crippen molar-refractivity contribution in [2.75, 3.05) is 13.7 Å². The lowest BCUT2D eigenvalue weighted by Crippen LogP contribution is -2.41. The van der Waals surface area contributed by atoms with Crippen molar-refractivity contribution in [1.82, 2.24) is 10.2 Å². The molecule has 1 N–H and O–H groups in total. The van der Waals surface area contributed by atoms with Crippen molar-refractivity contribution in [2.45, 2.75) is 20.0 Å². The quantitative estimate of drug-likeness (QED) is 0.585. The van der Waals surface area contributed by atoms with Gasteiger partial charge in [0.1, 0.15) is 5.70 Å². The maximum Gasteiger partial charge on any atom is 0.329 e. The number of nitrogens with zero attached hydrogens (tertiary/aromatic N) is 1. The van der Waals surface area contributed by atoms with Crippen LogP contribution in [0, 0.1) is 0 Å². The van der Waals surface area contributed by atoms with E-state index in [1.165, 1.54) is 13.2 Å². The number of carbonyl (C=O) groups excluding carboxylic acids is 3. The van der Waals surface area contributed by atoms with E-state index in [1.54, 1.807) is 18.2 Å². The second kappa shape index (κ2) is 7.03. The van der Waals surface area contributed by atoms with E-state index in [2.05, 4.69) is 5.32 Å². The summed E-state index contributed by atoms with van der Waals surface area (Å²) in [6, 6.07) is 4.22. The van der Waals surface area contributed by atoms with Gasteiger partial charge in [-0.1, -0.05) is 6.07 Å². The number of rotatable bonds is 6. The van der Waals surface area contributed by atoms with E-state index in [0.29, 0.717) is 22.0 Å². The molecule has 1 heterocycles. The van der Waals surface area contributed by atoms with Crippen LogP contribution in [0.2, 0.25) is 0 Å². The Morgan fingerprint density at radius 1 is 1.33 bits per heavy atom. The summed E-state index contributed by atoms with van der Waals surface area (Å²) in [5.74, 6) is -1.22.